The molecule has 0 bridgehead atoms. The van der Waals surface area contributed by atoms with Gasteiger partial charge in [0.05, 0.1) is 4.90 Å². The average molecular weight is 229 g/mol. The van der Waals surface area contributed by atoms with Crippen LogP contribution in [-0.2, 0) is 10.0 Å². The molecule has 0 aliphatic rings. The molecule has 2 N–H and O–H groups in total. The summed E-state index contributed by atoms with van der Waals surface area (Å²) in [6, 6.07) is 6.63. The fourth-order valence-electron chi connectivity index (χ4n) is 1.09. The Hall–Kier alpha value is -0.910. The summed E-state index contributed by atoms with van der Waals surface area (Å²) in [6.45, 7) is 2.14. The van der Waals surface area contributed by atoms with Crippen LogP contribution < -0.4 is 4.72 Å². The molecule has 0 amide bonds. The van der Waals surface area contributed by atoms with Gasteiger partial charge >= 0.3 is 0 Å². The summed E-state index contributed by atoms with van der Waals surface area (Å²) in [4.78, 5) is 0.256. The number of rotatable bonds is 5. The van der Waals surface area contributed by atoms with Crippen LogP contribution in [0.4, 0.5) is 0 Å². The molecule has 0 saturated heterocycles. The fourth-order valence-corrected chi connectivity index (χ4v) is 2.16. The summed E-state index contributed by atoms with van der Waals surface area (Å²) in [6.07, 6.45) is 0.422. The van der Waals surface area contributed by atoms with Crippen LogP contribution in [0.15, 0.2) is 29.2 Å². The second kappa shape index (κ2) is 5.25. The van der Waals surface area contributed by atoms with Crippen LogP contribution in [0.5, 0.6) is 0 Å². The number of hydrogen-bond acceptors (Lipinski definition) is 3. The predicted molar refractivity (Wildman–Crippen MR) is 58.1 cm³/mol. The second-order valence-corrected chi connectivity index (χ2v) is 5.05. The van der Waals surface area contributed by atoms with Gasteiger partial charge in [0.15, 0.2) is 0 Å². The number of nitrogens with one attached hydrogen (secondary N) is 1. The molecule has 0 aliphatic heterocycles. The maximum Gasteiger partial charge on any atom is 0.240 e. The molecule has 0 aliphatic carbocycles. The molecular formula is C10H15NO3S. The quantitative estimate of drug-likeness (QED) is 0.729. The molecule has 15 heavy (non-hydrogen) atoms. The van der Waals surface area contributed by atoms with Crippen LogP contribution in [0.25, 0.3) is 0 Å². The smallest absolute Gasteiger partial charge is 0.240 e. The lowest BCUT2D eigenvalue weighted by Gasteiger charge is -2.05. The van der Waals surface area contributed by atoms with E-state index >= 15 is 0 Å². The van der Waals surface area contributed by atoms with E-state index in [4.69, 9.17) is 5.11 Å². The molecule has 84 valence electrons. The van der Waals surface area contributed by atoms with E-state index in [1.165, 1.54) is 0 Å². The number of benzene rings is 1. The normalized spacial score (nSPS) is 11.6. The highest BCUT2D eigenvalue weighted by Gasteiger charge is 2.11. The highest BCUT2D eigenvalue weighted by atomic mass is 32.2. The van der Waals surface area contributed by atoms with E-state index < -0.39 is 10.0 Å². The Morgan fingerprint density at radius 1 is 1.27 bits per heavy atom. The monoisotopic (exact) mass is 229 g/mol. The van der Waals surface area contributed by atoms with Crippen LogP contribution in [0.3, 0.4) is 0 Å². The van der Waals surface area contributed by atoms with Gasteiger partial charge in [-0.05, 0) is 25.5 Å². The molecule has 0 heterocycles. The van der Waals surface area contributed by atoms with E-state index in [1.807, 2.05) is 6.92 Å². The highest BCUT2D eigenvalue weighted by Crippen LogP contribution is 2.09. The number of aliphatic hydroxyl groups is 1. The maximum atomic E-state index is 11.6. The summed E-state index contributed by atoms with van der Waals surface area (Å²) < 4.78 is 25.7. The van der Waals surface area contributed by atoms with Gasteiger partial charge in [0.2, 0.25) is 10.0 Å². The van der Waals surface area contributed by atoms with E-state index in [9.17, 15) is 8.42 Å². The van der Waals surface area contributed by atoms with E-state index in [1.54, 1.807) is 24.3 Å². The molecule has 1 aromatic carbocycles. The van der Waals surface area contributed by atoms with Gasteiger partial charge in [-0.25, -0.2) is 13.1 Å². The first kappa shape index (κ1) is 12.2. The number of aliphatic hydroxyl groups excluding tert-OH is 1. The van der Waals surface area contributed by atoms with Gasteiger partial charge in [0, 0.05) is 13.2 Å². The first-order valence-electron chi connectivity index (χ1n) is 4.73. The van der Waals surface area contributed by atoms with Crippen molar-refractivity contribution in [2.24, 2.45) is 0 Å². The zero-order chi connectivity index (χ0) is 11.3. The molecule has 0 spiro atoms. The molecular weight excluding hydrogens is 214 g/mol. The van der Waals surface area contributed by atoms with Crippen molar-refractivity contribution >= 4 is 10.0 Å². The molecule has 1 aromatic rings. The Balaban J connectivity index is 2.73. The van der Waals surface area contributed by atoms with Crippen molar-refractivity contribution in [3.05, 3.63) is 29.8 Å². The molecule has 0 unspecified atom stereocenters. The lowest BCUT2D eigenvalue weighted by molar-refractivity contribution is 0.289. The summed E-state index contributed by atoms with van der Waals surface area (Å²) in [5, 5.41) is 8.54. The Morgan fingerprint density at radius 2 is 1.87 bits per heavy atom. The third kappa shape index (κ3) is 3.62. The van der Waals surface area contributed by atoms with Crippen molar-refractivity contribution in [2.45, 2.75) is 18.2 Å². The molecule has 1 rings (SSSR count). The van der Waals surface area contributed by atoms with Crippen LogP contribution in [-0.4, -0.2) is 26.7 Å². The largest absolute Gasteiger partial charge is 0.396 e. The highest BCUT2D eigenvalue weighted by molar-refractivity contribution is 7.89. The minimum atomic E-state index is -3.41. The van der Waals surface area contributed by atoms with Crippen molar-refractivity contribution in [3.8, 4) is 0 Å². The Kier molecular flexibility index (Phi) is 4.26. The second-order valence-electron chi connectivity index (χ2n) is 3.29. The van der Waals surface area contributed by atoms with E-state index in [0.717, 1.165) is 5.56 Å². The van der Waals surface area contributed by atoms with Gasteiger partial charge in [-0.3, -0.25) is 0 Å². The molecule has 0 radical (unpaired) electrons. The SMILES string of the molecule is Cc1ccc(S(=O)(=O)NCCCO)cc1. The van der Waals surface area contributed by atoms with Gasteiger partial charge in [0.1, 0.15) is 0 Å². The lowest BCUT2D eigenvalue weighted by atomic mass is 10.2. The van der Waals surface area contributed by atoms with Gasteiger partial charge < -0.3 is 5.11 Å². The van der Waals surface area contributed by atoms with Gasteiger partial charge in [-0.2, -0.15) is 0 Å². The third-order valence-corrected chi connectivity index (χ3v) is 3.44. The average Bonchev–Trinajstić information content (AvgIpc) is 2.18. The van der Waals surface area contributed by atoms with Crippen molar-refractivity contribution in [3.63, 3.8) is 0 Å². The maximum absolute atomic E-state index is 11.6. The van der Waals surface area contributed by atoms with Crippen molar-refractivity contribution in [1.29, 1.82) is 0 Å². The van der Waals surface area contributed by atoms with Crippen molar-refractivity contribution in [2.75, 3.05) is 13.2 Å². The van der Waals surface area contributed by atoms with E-state index in [-0.39, 0.29) is 18.0 Å². The molecule has 0 fully saturated rings. The number of hydrogen-bond donors (Lipinski definition) is 2. The van der Waals surface area contributed by atoms with Crippen molar-refractivity contribution in [1.82, 2.24) is 4.72 Å². The topological polar surface area (TPSA) is 66.4 Å². The van der Waals surface area contributed by atoms with Crippen LogP contribution >= 0.6 is 0 Å². The van der Waals surface area contributed by atoms with E-state index in [0.29, 0.717) is 6.42 Å². The molecule has 0 saturated carbocycles. The van der Waals surface area contributed by atoms with E-state index in [2.05, 4.69) is 4.72 Å². The summed E-state index contributed by atoms with van der Waals surface area (Å²) >= 11 is 0. The summed E-state index contributed by atoms with van der Waals surface area (Å²) in [7, 11) is -3.41. The zero-order valence-corrected chi connectivity index (χ0v) is 9.42. The minimum Gasteiger partial charge on any atom is -0.396 e. The Labute approximate surface area is 90.0 Å². The van der Waals surface area contributed by atoms with Crippen LogP contribution in [0, 0.1) is 6.92 Å². The van der Waals surface area contributed by atoms with Gasteiger partial charge in [0.25, 0.3) is 0 Å². The summed E-state index contributed by atoms with van der Waals surface area (Å²) in [5.41, 5.74) is 1.02. The number of aryl methyl sites for hydroxylation is 1. The lowest BCUT2D eigenvalue weighted by Crippen LogP contribution is -2.25. The number of sulfonamides is 1. The zero-order valence-electron chi connectivity index (χ0n) is 8.60. The predicted octanol–water partition coefficient (Wildman–Crippen LogP) is 0.656. The van der Waals surface area contributed by atoms with Gasteiger partial charge in [-0.1, -0.05) is 17.7 Å². The first-order chi connectivity index (χ1) is 7.06. The van der Waals surface area contributed by atoms with Crippen LogP contribution in [0.2, 0.25) is 0 Å². The molecule has 5 heteroatoms. The fraction of sp³-hybridized carbons (Fsp3) is 0.400. The standard InChI is InChI=1S/C10H15NO3S/c1-9-3-5-10(6-4-9)15(13,14)11-7-2-8-12/h3-6,11-12H,2,7-8H2,1H3. The Morgan fingerprint density at radius 3 is 2.40 bits per heavy atom. The minimum absolute atomic E-state index is 0.0174. The first-order valence-corrected chi connectivity index (χ1v) is 6.22. The molecule has 0 atom stereocenters. The van der Waals surface area contributed by atoms with Crippen molar-refractivity contribution < 1.29 is 13.5 Å². The van der Waals surface area contributed by atoms with Crippen LogP contribution in [0.1, 0.15) is 12.0 Å². The molecule has 0 aromatic heterocycles. The van der Waals surface area contributed by atoms with Gasteiger partial charge in [-0.15, -0.1) is 0 Å². The molecule has 4 nitrogen and oxygen atoms in total. The summed E-state index contributed by atoms with van der Waals surface area (Å²) in [5.74, 6) is 0. The Bertz CT molecular complexity index is 397. The third-order valence-electron chi connectivity index (χ3n) is 1.96.